The number of aliphatic hydroxyl groups is 1. The molecule has 0 spiro atoms. The van der Waals surface area contributed by atoms with E-state index in [0.717, 1.165) is 64.2 Å². The average Bonchev–Trinajstić information content (AvgIpc) is 3.58. The van der Waals surface area contributed by atoms with Crippen molar-refractivity contribution in [3.8, 4) is 0 Å². The Hall–Kier alpha value is -1.54. The first-order valence-corrected chi connectivity index (χ1v) is 12.5. The summed E-state index contributed by atoms with van der Waals surface area (Å²) in [4.78, 5) is 23.8. The van der Waals surface area contributed by atoms with Gasteiger partial charge in [0.1, 0.15) is 0 Å². The monoisotopic (exact) mass is 454 g/mol. The predicted molar refractivity (Wildman–Crippen MR) is 114 cm³/mol. The minimum absolute atomic E-state index is 0.232. The van der Waals surface area contributed by atoms with Gasteiger partial charge in [-0.05, 0) is 87.9 Å². The van der Waals surface area contributed by atoms with Crippen LogP contribution in [0.25, 0.3) is 0 Å². The number of rotatable bonds is 8. The molecule has 3 saturated carbocycles. The van der Waals surface area contributed by atoms with Crippen LogP contribution in [0.5, 0.6) is 0 Å². The van der Waals surface area contributed by atoms with Crippen LogP contribution < -0.4 is 0 Å². The lowest BCUT2D eigenvalue weighted by atomic mass is 9.83. The van der Waals surface area contributed by atoms with E-state index in [1.165, 1.54) is 0 Å². The molecule has 4 aliphatic rings. The summed E-state index contributed by atoms with van der Waals surface area (Å²) >= 11 is 0. The molecule has 0 aromatic heterocycles. The molecule has 32 heavy (non-hydrogen) atoms. The molecule has 0 amide bonds. The number of epoxide rings is 1. The molecule has 1 N–H and O–H groups in total. The standard InChI is InChI=1S/C24H38O8/c25-20-3-1-2-18(10-20)14-30-23(26)28-12-16-4-6-17(7-5-16)13-29-24(27)31-15-19-8-9-21-22(11-19)32-21/h16-22,25H,1-15H2/t16?,17?,18?,19?,20-,21?,22?/m0/s1. The Balaban J connectivity index is 1.01. The van der Waals surface area contributed by atoms with Crippen LogP contribution >= 0.6 is 0 Å². The second kappa shape index (κ2) is 11.5. The summed E-state index contributed by atoms with van der Waals surface area (Å²) in [5, 5.41) is 9.69. The maximum absolute atomic E-state index is 11.9. The number of carbonyl (C=O) groups excluding carboxylic acids is 2. The number of hydrogen-bond donors (Lipinski definition) is 1. The van der Waals surface area contributed by atoms with E-state index in [1.54, 1.807) is 0 Å². The molecule has 0 aromatic carbocycles. The largest absolute Gasteiger partial charge is 0.508 e. The molecule has 3 aliphatic carbocycles. The summed E-state index contributed by atoms with van der Waals surface area (Å²) < 4.78 is 26.7. The van der Waals surface area contributed by atoms with Crippen molar-refractivity contribution in [1.29, 1.82) is 0 Å². The summed E-state index contributed by atoms with van der Waals surface area (Å²) in [6.45, 7) is 1.51. The fourth-order valence-electron chi connectivity index (χ4n) is 5.44. The number of aliphatic hydroxyl groups excluding tert-OH is 1. The van der Waals surface area contributed by atoms with Crippen molar-refractivity contribution in [2.75, 3.05) is 26.4 Å². The van der Waals surface area contributed by atoms with Crippen molar-refractivity contribution in [2.24, 2.45) is 23.7 Å². The molecule has 4 fully saturated rings. The van der Waals surface area contributed by atoms with Crippen LogP contribution in [0, 0.1) is 23.7 Å². The molecular formula is C24H38O8. The third-order valence-electron chi connectivity index (χ3n) is 7.58. The first-order chi connectivity index (χ1) is 15.5. The molecule has 0 radical (unpaired) electrons. The number of fused-ring (bicyclic) bond motifs is 1. The van der Waals surface area contributed by atoms with Crippen molar-refractivity contribution in [2.45, 2.75) is 88.9 Å². The molecule has 5 atom stereocenters. The van der Waals surface area contributed by atoms with Crippen LogP contribution in [0.3, 0.4) is 0 Å². The minimum atomic E-state index is -0.611. The van der Waals surface area contributed by atoms with E-state index in [2.05, 4.69) is 0 Å². The zero-order valence-corrected chi connectivity index (χ0v) is 19.0. The molecule has 0 aromatic rings. The molecule has 1 heterocycles. The maximum atomic E-state index is 11.9. The third kappa shape index (κ3) is 7.51. The fourth-order valence-corrected chi connectivity index (χ4v) is 5.44. The van der Waals surface area contributed by atoms with Gasteiger partial charge in [-0.25, -0.2) is 9.59 Å². The molecule has 182 valence electrons. The van der Waals surface area contributed by atoms with E-state index in [1.807, 2.05) is 0 Å². The molecule has 4 unspecified atom stereocenters. The van der Waals surface area contributed by atoms with Gasteiger partial charge in [0.2, 0.25) is 0 Å². The Labute approximate surface area is 190 Å². The zero-order valence-electron chi connectivity index (χ0n) is 19.0. The normalized spacial score (nSPS) is 36.5. The van der Waals surface area contributed by atoms with Gasteiger partial charge in [0.05, 0.1) is 44.7 Å². The van der Waals surface area contributed by atoms with Gasteiger partial charge >= 0.3 is 12.3 Å². The summed E-state index contributed by atoms with van der Waals surface area (Å²) in [7, 11) is 0. The first kappa shape index (κ1) is 23.6. The second-order valence-electron chi connectivity index (χ2n) is 10.2. The SMILES string of the molecule is O=C(OCC1CCC(COC(=O)OCC2CCC[C@H](O)C2)CC1)OCC1CCC2OC2C1. The Morgan fingerprint density at radius 2 is 1.12 bits per heavy atom. The van der Waals surface area contributed by atoms with Crippen molar-refractivity contribution < 1.29 is 38.4 Å². The third-order valence-corrected chi connectivity index (χ3v) is 7.58. The van der Waals surface area contributed by atoms with Crippen LogP contribution in [-0.4, -0.2) is 62.2 Å². The van der Waals surface area contributed by atoms with Gasteiger partial charge in [0.25, 0.3) is 0 Å². The van der Waals surface area contributed by atoms with Gasteiger partial charge in [-0.2, -0.15) is 0 Å². The van der Waals surface area contributed by atoms with E-state index in [9.17, 15) is 14.7 Å². The number of hydrogen-bond acceptors (Lipinski definition) is 8. The highest BCUT2D eigenvalue weighted by Crippen LogP contribution is 2.39. The summed E-state index contributed by atoms with van der Waals surface area (Å²) in [6.07, 6.45) is 9.78. The molecular weight excluding hydrogens is 416 g/mol. The van der Waals surface area contributed by atoms with Crippen LogP contribution in [0.1, 0.15) is 70.6 Å². The topological polar surface area (TPSA) is 104 Å². The predicted octanol–water partition coefficient (Wildman–Crippen LogP) is 4.22. The summed E-state index contributed by atoms with van der Waals surface area (Å²) in [6, 6.07) is 0. The van der Waals surface area contributed by atoms with Crippen molar-refractivity contribution >= 4 is 12.3 Å². The molecule has 0 bridgehead atoms. The maximum Gasteiger partial charge on any atom is 0.508 e. The van der Waals surface area contributed by atoms with Crippen LogP contribution in [0.4, 0.5) is 9.59 Å². The van der Waals surface area contributed by atoms with Gasteiger partial charge in [-0.15, -0.1) is 0 Å². The molecule has 1 saturated heterocycles. The van der Waals surface area contributed by atoms with Crippen LogP contribution in [-0.2, 0) is 23.7 Å². The first-order valence-electron chi connectivity index (χ1n) is 12.5. The Morgan fingerprint density at radius 1 is 0.625 bits per heavy atom. The van der Waals surface area contributed by atoms with E-state index in [4.69, 9.17) is 23.7 Å². The summed E-state index contributed by atoms with van der Waals surface area (Å²) in [5.41, 5.74) is 0. The van der Waals surface area contributed by atoms with Gasteiger partial charge < -0.3 is 28.8 Å². The minimum Gasteiger partial charge on any atom is -0.434 e. The van der Waals surface area contributed by atoms with Gasteiger partial charge in [-0.3, -0.25) is 0 Å². The summed E-state index contributed by atoms with van der Waals surface area (Å²) in [5.74, 6) is 1.28. The Bertz CT molecular complexity index is 583. The quantitative estimate of drug-likeness (QED) is 0.429. The van der Waals surface area contributed by atoms with E-state index >= 15 is 0 Å². The molecule has 4 rings (SSSR count). The highest BCUT2D eigenvalue weighted by Gasteiger charge is 2.44. The van der Waals surface area contributed by atoms with E-state index < -0.39 is 12.3 Å². The lowest BCUT2D eigenvalue weighted by Crippen LogP contribution is -2.26. The van der Waals surface area contributed by atoms with Crippen molar-refractivity contribution in [3.63, 3.8) is 0 Å². The highest BCUT2D eigenvalue weighted by molar-refractivity contribution is 5.60. The second-order valence-corrected chi connectivity index (χ2v) is 10.2. The zero-order chi connectivity index (χ0) is 22.3. The Kier molecular flexibility index (Phi) is 8.52. The van der Waals surface area contributed by atoms with Crippen molar-refractivity contribution in [3.05, 3.63) is 0 Å². The molecule has 1 aliphatic heterocycles. The molecule has 8 nitrogen and oxygen atoms in total. The fraction of sp³-hybridized carbons (Fsp3) is 0.917. The van der Waals surface area contributed by atoms with Gasteiger partial charge in [-0.1, -0.05) is 6.42 Å². The van der Waals surface area contributed by atoms with E-state index in [0.29, 0.717) is 62.8 Å². The van der Waals surface area contributed by atoms with Crippen LogP contribution in [0.2, 0.25) is 0 Å². The lowest BCUT2D eigenvalue weighted by Gasteiger charge is -2.28. The average molecular weight is 455 g/mol. The van der Waals surface area contributed by atoms with Crippen molar-refractivity contribution in [1.82, 2.24) is 0 Å². The molecule has 8 heteroatoms. The Morgan fingerprint density at radius 3 is 1.66 bits per heavy atom. The van der Waals surface area contributed by atoms with Gasteiger partial charge in [0.15, 0.2) is 0 Å². The smallest absolute Gasteiger partial charge is 0.434 e. The van der Waals surface area contributed by atoms with Crippen LogP contribution in [0.15, 0.2) is 0 Å². The van der Waals surface area contributed by atoms with E-state index in [-0.39, 0.29) is 12.0 Å². The highest BCUT2D eigenvalue weighted by atomic mass is 16.7. The lowest BCUT2D eigenvalue weighted by molar-refractivity contribution is 0.00820. The number of ether oxygens (including phenoxy) is 5. The number of carbonyl (C=O) groups is 2. The van der Waals surface area contributed by atoms with Gasteiger partial charge in [0, 0.05) is 0 Å².